The molecule has 1 N–H and O–H groups in total. The van der Waals surface area contributed by atoms with Crippen molar-refractivity contribution in [3.05, 3.63) is 28.0 Å². The van der Waals surface area contributed by atoms with Gasteiger partial charge in [0.1, 0.15) is 11.0 Å². The topological polar surface area (TPSA) is 114 Å². The minimum absolute atomic E-state index is 0.206. The molecule has 1 aromatic heterocycles. The zero-order valence-corrected chi connectivity index (χ0v) is 11.5. The Morgan fingerprint density at radius 2 is 2.24 bits per heavy atom. The van der Waals surface area contributed by atoms with E-state index in [1.165, 1.54) is 11.0 Å². The van der Waals surface area contributed by atoms with Gasteiger partial charge in [-0.3, -0.25) is 14.9 Å². The van der Waals surface area contributed by atoms with Crippen molar-refractivity contribution in [2.75, 3.05) is 6.54 Å². The average molecular weight is 296 g/mol. The highest BCUT2D eigenvalue weighted by molar-refractivity contribution is 5.94. The number of hydrogen-bond acceptors (Lipinski definition) is 5. The minimum atomic E-state index is -1.07. The third-order valence-corrected chi connectivity index (χ3v) is 3.82. The van der Waals surface area contributed by atoms with Crippen molar-refractivity contribution in [1.29, 1.82) is 0 Å². The molecule has 1 amide bonds. The van der Waals surface area contributed by atoms with E-state index in [2.05, 4.69) is 0 Å². The summed E-state index contributed by atoms with van der Waals surface area (Å²) >= 11 is 0. The average Bonchev–Trinajstić information content (AvgIpc) is 2.95. The molecule has 21 heavy (non-hydrogen) atoms. The largest absolute Gasteiger partial charge is 0.480 e. The monoisotopic (exact) mass is 296 g/mol. The number of hydrogen-bond donors (Lipinski definition) is 1. The molecule has 1 aliphatic heterocycles. The minimum Gasteiger partial charge on any atom is -0.480 e. The van der Waals surface area contributed by atoms with Crippen molar-refractivity contribution in [2.45, 2.75) is 32.2 Å². The lowest BCUT2D eigenvalue weighted by Gasteiger charge is -2.36. The zero-order chi connectivity index (χ0) is 15.6. The van der Waals surface area contributed by atoms with Gasteiger partial charge in [-0.15, -0.1) is 0 Å². The number of furan rings is 1. The van der Waals surface area contributed by atoms with Crippen LogP contribution in [0.25, 0.3) is 0 Å². The van der Waals surface area contributed by atoms with Crippen LogP contribution in [0.4, 0.5) is 5.88 Å². The van der Waals surface area contributed by atoms with Gasteiger partial charge in [-0.05, 0) is 24.8 Å². The van der Waals surface area contributed by atoms with Crippen LogP contribution in [0.1, 0.15) is 36.7 Å². The van der Waals surface area contributed by atoms with Gasteiger partial charge in [0, 0.05) is 6.54 Å². The van der Waals surface area contributed by atoms with Gasteiger partial charge < -0.3 is 14.4 Å². The van der Waals surface area contributed by atoms with E-state index in [0.29, 0.717) is 13.0 Å². The third kappa shape index (κ3) is 3.04. The van der Waals surface area contributed by atoms with Gasteiger partial charge in [0.25, 0.3) is 5.91 Å². The molecule has 0 bridgehead atoms. The van der Waals surface area contributed by atoms with Crippen molar-refractivity contribution >= 4 is 17.8 Å². The van der Waals surface area contributed by atoms with Gasteiger partial charge in [-0.2, -0.15) is 0 Å². The molecule has 2 heterocycles. The number of carbonyl (C=O) groups is 2. The van der Waals surface area contributed by atoms with E-state index < -0.39 is 28.7 Å². The Morgan fingerprint density at radius 1 is 1.52 bits per heavy atom. The maximum absolute atomic E-state index is 12.3. The van der Waals surface area contributed by atoms with Crippen LogP contribution in [0.2, 0.25) is 0 Å². The molecule has 114 valence electrons. The molecule has 1 saturated heterocycles. The van der Waals surface area contributed by atoms with Crippen molar-refractivity contribution < 1.29 is 24.0 Å². The third-order valence-electron chi connectivity index (χ3n) is 3.82. The first-order chi connectivity index (χ1) is 9.93. The Balaban J connectivity index is 2.19. The number of rotatable bonds is 4. The van der Waals surface area contributed by atoms with Crippen LogP contribution in [0, 0.1) is 16.0 Å². The fraction of sp³-hybridized carbons (Fsp3) is 0.538. The van der Waals surface area contributed by atoms with Crippen molar-refractivity contribution in [3.63, 3.8) is 0 Å². The molecule has 8 heteroatoms. The van der Waals surface area contributed by atoms with E-state index >= 15 is 0 Å². The quantitative estimate of drug-likeness (QED) is 0.670. The smallest absolute Gasteiger partial charge is 0.433 e. The van der Waals surface area contributed by atoms with Crippen molar-refractivity contribution in [2.24, 2.45) is 5.92 Å². The van der Waals surface area contributed by atoms with Crippen LogP contribution < -0.4 is 0 Å². The lowest BCUT2D eigenvalue weighted by molar-refractivity contribution is -0.402. The number of aliphatic carboxylic acids is 1. The van der Waals surface area contributed by atoms with E-state index in [-0.39, 0.29) is 11.7 Å². The van der Waals surface area contributed by atoms with Gasteiger partial charge >= 0.3 is 11.9 Å². The Labute approximate surface area is 120 Å². The molecule has 1 aromatic rings. The van der Waals surface area contributed by atoms with Crippen molar-refractivity contribution in [3.8, 4) is 0 Å². The van der Waals surface area contributed by atoms with Crippen LogP contribution in [0.5, 0.6) is 0 Å². The second-order valence-electron chi connectivity index (χ2n) is 5.05. The summed E-state index contributed by atoms with van der Waals surface area (Å²) in [5.74, 6) is -2.16. The summed E-state index contributed by atoms with van der Waals surface area (Å²) in [7, 11) is 0. The number of carboxylic acids is 1. The Morgan fingerprint density at radius 3 is 2.76 bits per heavy atom. The zero-order valence-electron chi connectivity index (χ0n) is 11.5. The van der Waals surface area contributed by atoms with E-state index in [9.17, 15) is 24.8 Å². The number of piperidine rings is 1. The molecular weight excluding hydrogens is 280 g/mol. The van der Waals surface area contributed by atoms with Crippen LogP contribution in [0.3, 0.4) is 0 Å². The number of nitro groups is 1. The first-order valence-corrected chi connectivity index (χ1v) is 6.72. The van der Waals surface area contributed by atoms with E-state index in [1.807, 2.05) is 6.92 Å². The van der Waals surface area contributed by atoms with Crippen LogP contribution in [-0.4, -0.2) is 39.4 Å². The molecule has 2 rings (SSSR count). The molecule has 0 radical (unpaired) electrons. The molecule has 0 aromatic carbocycles. The van der Waals surface area contributed by atoms with Crippen LogP contribution >= 0.6 is 0 Å². The molecular formula is C13H16N2O6. The van der Waals surface area contributed by atoms with Gasteiger partial charge in [0.15, 0.2) is 5.76 Å². The van der Waals surface area contributed by atoms with Crippen LogP contribution in [-0.2, 0) is 4.79 Å². The summed E-state index contributed by atoms with van der Waals surface area (Å²) in [4.78, 5) is 34.7. The first-order valence-electron chi connectivity index (χ1n) is 6.72. The van der Waals surface area contributed by atoms with E-state index in [4.69, 9.17) is 4.42 Å². The first kappa shape index (κ1) is 15.0. The highest BCUT2D eigenvalue weighted by Crippen LogP contribution is 2.28. The molecule has 1 aliphatic rings. The highest BCUT2D eigenvalue weighted by Gasteiger charge is 2.37. The molecule has 8 nitrogen and oxygen atoms in total. The molecule has 0 spiro atoms. The molecule has 2 atom stereocenters. The fourth-order valence-corrected chi connectivity index (χ4v) is 2.57. The predicted octanol–water partition coefficient (Wildman–Crippen LogP) is 1.90. The summed E-state index contributed by atoms with van der Waals surface area (Å²) in [6.45, 7) is 2.29. The normalized spacial score (nSPS) is 22.0. The maximum atomic E-state index is 12.3. The fourth-order valence-electron chi connectivity index (χ4n) is 2.57. The summed E-state index contributed by atoms with van der Waals surface area (Å²) in [5, 5.41) is 19.8. The predicted molar refractivity (Wildman–Crippen MR) is 70.8 cm³/mol. The molecule has 2 unspecified atom stereocenters. The standard InChI is InChI=1S/C13H16N2O6/c1-2-8-5-6-14(9(7-8)13(17)18)12(16)10-3-4-11(21-10)15(19)20/h3-4,8-9H,2,5-7H2,1H3,(H,17,18). The highest BCUT2D eigenvalue weighted by atomic mass is 16.6. The summed E-state index contributed by atoms with van der Waals surface area (Å²) in [5.41, 5.74) is 0. The van der Waals surface area contributed by atoms with Gasteiger partial charge in [-0.25, -0.2) is 4.79 Å². The van der Waals surface area contributed by atoms with Gasteiger partial charge in [0.2, 0.25) is 0 Å². The number of carboxylic acid groups (broad SMARTS) is 1. The lowest BCUT2D eigenvalue weighted by Crippen LogP contribution is -2.50. The SMILES string of the molecule is CCC1CCN(C(=O)c2ccc([N+](=O)[O-])o2)C(C(=O)O)C1. The van der Waals surface area contributed by atoms with E-state index in [0.717, 1.165) is 18.9 Å². The number of amides is 1. The summed E-state index contributed by atoms with van der Waals surface area (Å²) in [6.07, 6.45) is 1.97. The summed E-state index contributed by atoms with van der Waals surface area (Å²) in [6, 6.07) is 1.37. The second kappa shape index (κ2) is 5.94. The number of carbonyl (C=O) groups excluding carboxylic acids is 1. The lowest BCUT2D eigenvalue weighted by atomic mass is 9.88. The Bertz CT molecular complexity index is 567. The number of likely N-dealkylation sites (tertiary alicyclic amines) is 1. The van der Waals surface area contributed by atoms with Gasteiger partial charge in [0.05, 0.1) is 6.07 Å². The van der Waals surface area contributed by atoms with Gasteiger partial charge in [-0.1, -0.05) is 13.3 Å². The van der Waals surface area contributed by atoms with Crippen LogP contribution in [0.15, 0.2) is 16.5 Å². The Hall–Kier alpha value is -2.38. The molecule has 1 fully saturated rings. The maximum Gasteiger partial charge on any atom is 0.433 e. The molecule has 0 aliphatic carbocycles. The van der Waals surface area contributed by atoms with E-state index in [1.54, 1.807) is 0 Å². The summed E-state index contributed by atoms with van der Waals surface area (Å²) < 4.78 is 4.86. The number of nitrogens with zero attached hydrogens (tertiary/aromatic N) is 2. The Kier molecular flexibility index (Phi) is 4.25. The second-order valence-corrected chi connectivity index (χ2v) is 5.05. The van der Waals surface area contributed by atoms with Crippen molar-refractivity contribution in [1.82, 2.24) is 4.90 Å². The molecule has 0 saturated carbocycles.